The number of halogens is 5. The van der Waals surface area contributed by atoms with Gasteiger partial charge in [-0.1, -0.05) is 69.3 Å². The van der Waals surface area contributed by atoms with Crippen LogP contribution in [-0.2, 0) is 10.3 Å². The number of aliphatic hydroxyl groups excluding tert-OH is 1. The molecule has 0 radical (unpaired) electrons. The quantitative estimate of drug-likeness (QED) is 0.208. The zero-order chi connectivity index (χ0) is 32.0. The molecule has 1 amide bonds. The van der Waals surface area contributed by atoms with Crippen molar-refractivity contribution in [1.82, 2.24) is 34.8 Å². The van der Waals surface area contributed by atoms with Crippen LogP contribution in [0.15, 0.2) is 73.6 Å². The van der Waals surface area contributed by atoms with Gasteiger partial charge in [0, 0.05) is 11.8 Å². The number of benzene rings is 2. The largest absolute Gasteiger partial charge is 0.394 e. The van der Waals surface area contributed by atoms with Gasteiger partial charge in [-0.25, -0.2) is 23.1 Å². The number of amides is 1. The smallest absolute Gasteiger partial charge is 0.333 e. The van der Waals surface area contributed by atoms with Gasteiger partial charge < -0.3 is 10.4 Å². The molecule has 2 atom stereocenters. The van der Waals surface area contributed by atoms with E-state index in [-0.39, 0.29) is 27.9 Å². The summed E-state index contributed by atoms with van der Waals surface area (Å²) in [6.07, 6.45) is 0.978. The van der Waals surface area contributed by atoms with Crippen LogP contribution in [-0.4, -0.2) is 47.1 Å². The molecule has 44 heavy (non-hydrogen) atoms. The van der Waals surface area contributed by atoms with E-state index in [1.54, 1.807) is 30.3 Å². The molecule has 1 aliphatic rings. The number of carbonyl (C=O) groups is 1. The highest BCUT2D eigenvalue weighted by Crippen LogP contribution is 2.44. The van der Waals surface area contributed by atoms with Crippen molar-refractivity contribution in [2.45, 2.75) is 51.7 Å². The maximum atomic E-state index is 14.5. The summed E-state index contributed by atoms with van der Waals surface area (Å²) < 4.78 is 54.7. The van der Waals surface area contributed by atoms with Crippen LogP contribution >= 0.6 is 11.6 Å². The van der Waals surface area contributed by atoms with E-state index in [9.17, 15) is 27.5 Å². The van der Waals surface area contributed by atoms with Crippen LogP contribution < -0.4 is 5.32 Å². The minimum absolute atomic E-state index is 0.104. The molecular formula is C30H30ClF4N7O2. The van der Waals surface area contributed by atoms with E-state index < -0.39 is 37.0 Å². The SMILES string of the molecule is C=C1N[C@](CC(C)(C)C)(c2ccc(-c3cnn(C(F)F)c3)cc2)C(=O)N1[C@H](CO)c1ccc(Cl)c(-n2ncnc2C(F)F)c1. The maximum Gasteiger partial charge on any atom is 0.333 e. The molecule has 232 valence electrons. The molecule has 0 bridgehead atoms. The Morgan fingerprint density at radius 3 is 2.36 bits per heavy atom. The second-order valence-electron chi connectivity index (χ2n) is 11.7. The predicted molar refractivity (Wildman–Crippen MR) is 155 cm³/mol. The monoisotopic (exact) mass is 631 g/mol. The first-order valence-corrected chi connectivity index (χ1v) is 14.0. The Balaban J connectivity index is 1.53. The average Bonchev–Trinajstić information content (AvgIpc) is 3.70. The van der Waals surface area contributed by atoms with Gasteiger partial charge in [0.05, 0.1) is 29.6 Å². The Morgan fingerprint density at radius 2 is 1.77 bits per heavy atom. The van der Waals surface area contributed by atoms with E-state index in [4.69, 9.17) is 11.6 Å². The molecule has 0 spiro atoms. The number of hydrogen-bond donors (Lipinski definition) is 2. The molecule has 9 nitrogen and oxygen atoms in total. The Kier molecular flexibility index (Phi) is 8.29. The number of alkyl halides is 4. The average molecular weight is 632 g/mol. The van der Waals surface area contributed by atoms with Gasteiger partial charge in [0.15, 0.2) is 5.82 Å². The third-order valence-corrected chi connectivity index (χ3v) is 7.70. The number of hydrogen-bond acceptors (Lipinski definition) is 6. The van der Waals surface area contributed by atoms with E-state index in [2.05, 4.69) is 27.1 Å². The fourth-order valence-electron chi connectivity index (χ4n) is 5.59. The summed E-state index contributed by atoms with van der Waals surface area (Å²) in [7, 11) is 0. The first-order valence-electron chi connectivity index (χ1n) is 13.6. The van der Waals surface area contributed by atoms with Gasteiger partial charge in [0.2, 0.25) is 0 Å². The first-order chi connectivity index (χ1) is 20.8. The number of aromatic nitrogens is 5. The number of nitrogens with one attached hydrogen (secondary N) is 1. The zero-order valence-electron chi connectivity index (χ0n) is 24.1. The Bertz CT molecular complexity index is 1680. The van der Waals surface area contributed by atoms with Gasteiger partial charge in [-0.3, -0.25) is 9.69 Å². The predicted octanol–water partition coefficient (Wildman–Crippen LogP) is 6.39. The minimum atomic E-state index is -2.92. The first kappa shape index (κ1) is 31.2. The lowest BCUT2D eigenvalue weighted by atomic mass is 9.75. The fraction of sp³-hybridized carbons (Fsp3) is 0.333. The molecule has 2 N–H and O–H groups in total. The van der Waals surface area contributed by atoms with Gasteiger partial charge in [0.1, 0.15) is 17.7 Å². The summed E-state index contributed by atoms with van der Waals surface area (Å²) in [5.41, 5.74) is 0.564. The van der Waals surface area contributed by atoms with Crippen LogP contribution in [0.25, 0.3) is 16.8 Å². The van der Waals surface area contributed by atoms with Gasteiger partial charge in [0.25, 0.3) is 12.3 Å². The van der Waals surface area contributed by atoms with Crippen molar-refractivity contribution >= 4 is 17.5 Å². The molecule has 0 saturated carbocycles. The Hall–Kier alpha value is -4.23. The number of rotatable bonds is 9. The summed E-state index contributed by atoms with van der Waals surface area (Å²) in [5, 5.41) is 21.6. The second kappa shape index (κ2) is 11.7. The topological polar surface area (TPSA) is 101 Å². The molecular weight excluding hydrogens is 602 g/mol. The van der Waals surface area contributed by atoms with Crippen LogP contribution in [0.5, 0.6) is 0 Å². The highest BCUT2D eigenvalue weighted by atomic mass is 35.5. The molecule has 3 heterocycles. The van der Waals surface area contributed by atoms with Crippen molar-refractivity contribution in [3.63, 3.8) is 0 Å². The van der Waals surface area contributed by atoms with Crippen molar-refractivity contribution in [1.29, 1.82) is 0 Å². The molecule has 14 heteroatoms. The number of aliphatic hydroxyl groups is 1. The molecule has 1 aliphatic heterocycles. The standard InChI is InChI=1S/C30H30ClF4N7O2/c1-17-39-30(15-29(2,3)4,21-8-5-18(6-9-21)20-12-37-40(13-20)28(34)35)27(44)41(17)24(14-43)19-7-10-22(31)23(11-19)42-26(25(32)33)36-16-38-42/h5-13,16,24-25,28,39,43H,1,14-15H2,2-4H3/t24-,30-/m1/s1. The van der Waals surface area contributed by atoms with Crippen LogP contribution in [0.1, 0.15) is 63.2 Å². The summed E-state index contributed by atoms with van der Waals surface area (Å²) >= 11 is 6.35. The van der Waals surface area contributed by atoms with E-state index >= 15 is 0 Å². The maximum absolute atomic E-state index is 14.5. The van der Waals surface area contributed by atoms with E-state index in [1.807, 2.05) is 20.8 Å². The van der Waals surface area contributed by atoms with Crippen molar-refractivity contribution < 1.29 is 27.5 Å². The van der Waals surface area contributed by atoms with Crippen LogP contribution in [0.2, 0.25) is 5.02 Å². The van der Waals surface area contributed by atoms with E-state index in [0.29, 0.717) is 33.4 Å². The van der Waals surface area contributed by atoms with Crippen molar-refractivity contribution in [3.8, 4) is 16.8 Å². The molecule has 4 aromatic rings. The number of carbonyl (C=O) groups excluding carboxylic acids is 1. The fourth-order valence-corrected chi connectivity index (χ4v) is 5.79. The summed E-state index contributed by atoms with van der Waals surface area (Å²) in [4.78, 5) is 19.5. The minimum Gasteiger partial charge on any atom is -0.394 e. The molecule has 2 aromatic heterocycles. The van der Waals surface area contributed by atoms with Gasteiger partial charge in [-0.05, 0) is 40.7 Å². The molecule has 0 unspecified atom stereocenters. The van der Waals surface area contributed by atoms with Crippen LogP contribution in [0.3, 0.4) is 0 Å². The third kappa shape index (κ3) is 5.69. The highest BCUT2D eigenvalue weighted by Gasteiger charge is 2.53. The molecule has 2 aromatic carbocycles. The van der Waals surface area contributed by atoms with Crippen LogP contribution in [0.4, 0.5) is 17.6 Å². The van der Waals surface area contributed by atoms with Gasteiger partial charge >= 0.3 is 6.55 Å². The lowest BCUT2D eigenvalue weighted by Gasteiger charge is -2.35. The molecule has 0 aliphatic carbocycles. The summed E-state index contributed by atoms with van der Waals surface area (Å²) in [6.45, 7) is 6.75. The second-order valence-corrected chi connectivity index (χ2v) is 12.1. The van der Waals surface area contributed by atoms with Crippen LogP contribution in [0, 0.1) is 5.41 Å². The third-order valence-electron chi connectivity index (χ3n) is 7.38. The van der Waals surface area contributed by atoms with Crippen molar-refractivity contribution in [3.05, 3.63) is 95.6 Å². The number of nitrogens with zero attached hydrogens (tertiary/aromatic N) is 6. The van der Waals surface area contributed by atoms with Gasteiger partial charge in [-0.15, -0.1) is 0 Å². The normalized spacial score (nSPS) is 18.0. The summed E-state index contributed by atoms with van der Waals surface area (Å²) in [6, 6.07) is 10.5. The molecule has 5 rings (SSSR count). The zero-order valence-corrected chi connectivity index (χ0v) is 24.8. The van der Waals surface area contributed by atoms with E-state index in [1.165, 1.54) is 29.4 Å². The van der Waals surface area contributed by atoms with E-state index in [0.717, 1.165) is 11.0 Å². The lowest BCUT2D eigenvalue weighted by Crippen LogP contribution is -2.47. The Labute approximate surface area is 255 Å². The summed E-state index contributed by atoms with van der Waals surface area (Å²) in [5.74, 6) is -0.770. The molecule has 1 saturated heterocycles. The van der Waals surface area contributed by atoms with Crippen molar-refractivity contribution in [2.75, 3.05) is 6.61 Å². The Morgan fingerprint density at radius 1 is 1.07 bits per heavy atom. The van der Waals surface area contributed by atoms with Gasteiger partial charge in [-0.2, -0.15) is 19.0 Å². The van der Waals surface area contributed by atoms with Crippen molar-refractivity contribution in [2.24, 2.45) is 5.41 Å². The highest BCUT2D eigenvalue weighted by molar-refractivity contribution is 6.32. The lowest BCUT2D eigenvalue weighted by molar-refractivity contribution is -0.135. The molecule has 1 fully saturated rings.